The first-order valence-electron chi connectivity index (χ1n) is 4.86. The van der Waals surface area contributed by atoms with Crippen LogP contribution < -0.4 is 5.32 Å². The molecule has 2 aromatic carbocycles. The Balaban J connectivity index is 2.46. The average Bonchev–Trinajstić information content (AvgIpc) is 2.32. The molecule has 0 atom stereocenters. The van der Waals surface area contributed by atoms with Crippen molar-refractivity contribution in [2.45, 2.75) is 0 Å². The fourth-order valence-electron chi connectivity index (χ4n) is 1.55. The Kier molecular flexibility index (Phi) is 3.22. The minimum Gasteiger partial charge on any atom is -0.328 e. The van der Waals surface area contributed by atoms with E-state index in [4.69, 9.17) is 11.6 Å². The van der Waals surface area contributed by atoms with E-state index in [1.54, 1.807) is 0 Å². The molecule has 2 aromatic rings. The first-order valence-corrected chi connectivity index (χ1v) is 5.24. The Morgan fingerprint density at radius 1 is 1.00 bits per heavy atom. The van der Waals surface area contributed by atoms with E-state index in [2.05, 4.69) is 5.32 Å². The van der Waals surface area contributed by atoms with Crippen LogP contribution in [0.5, 0.6) is 0 Å². The molecule has 0 aliphatic rings. The van der Waals surface area contributed by atoms with Crippen molar-refractivity contribution in [3.8, 4) is 11.1 Å². The summed E-state index contributed by atoms with van der Waals surface area (Å²) in [7, 11) is 0. The first-order chi connectivity index (χ1) is 7.81. The third kappa shape index (κ3) is 2.23. The van der Waals surface area contributed by atoms with Crippen LogP contribution in [0.25, 0.3) is 11.1 Å². The number of rotatable bonds is 3. The average molecular weight is 232 g/mol. The van der Waals surface area contributed by atoms with Crippen molar-refractivity contribution in [1.29, 1.82) is 0 Å². The van der Waals surface area contributed by atoms with Crippen LogP contribution in [0.2, 0.25) is 5.02 Å². The zero-order valence-corrected chi connectivity index (χ0v) is 9.24. The van der Waals surface area contributed by atoms with Gasteiger partial charge in [-0.1, -0.05) is 41.9 Å². The summed E-state index contributed by atoms with van der Waals surface area (Å²) < 4.78 is 0. The van der Waals surface area contributed by atoms with Crippen molar-refractivity contribution in [2.75, 3.05) is 5.32 Å². The fraction of sp³-hybridized carbons (Fsp3) is 0. The Bertz CT molecular complexity index is 494. The molecular formula is C13H10ClNO. The van der Waals surface area contributed by atoms with Gasteiger partial charge in [0.1, 0.15) is 0 Å². The molecule has 0 unspecified atom stereocenters. The SMILES string of the molecule is O=CNc1ccccc1-c1ccc(Cl)cc1. The van der Waals surface area contributed by atoms with Gasteiger partial charge in [-0.15, -0.1) is 0 Å². The van der Waals surface area contributed by atoms with Gasteiger partial charge >= 0.3 is 0 Å². The lowest BCUT2D eigenvalue weighted by Gasteiger charge is -2.08. The second-order valence-corrected chi connectivity index (χ2v) is 3.75. The molecule has 3 heteroatoms. The van der Waals surface area contributed by atoms with Gasteiger partial charge in [0.05, 0.1) is 0 Å². The summed E-state index contributed by atoms with van der Waals surface area (Å²) in [5.41, 5.74) is 2.79. The van der Waals surface area contributed by atoms with Gasteiger partial charge in [0.25, 0.3) is 0 Å². The standard InChI is InChI=1S/C13H10ClNO/c14-11-7-5-10(6-8-11)12-3-1-2-4-13(12)15-9-16/h1-9H,(H,15,16). The van der Waals surface area contributed by atoms with Crippen LogP contribution in [0.1, 0.15) is 0 Å². The normalized spacial score (nSPS) is 9.81. The van der Waals surface area contributed by atoms with Crippen molar-refractivity contribution in [3.05, 3.63) is 53.6 Å². The highest BCUT2D eigenvalue weighted by molar-refractivity contribution is 6.30. The third-order valence-electron chi connectivity index (χ3n) is 2.30. The number of benzene rings is 2. The second-order valence-electron chi connectivity index (χ2n) is 3.31. The van der Waals surface area contributed by atoms with E-state index in [0.29, 0.717) is 11.4 Å². The zero-order valence-electron chi connectivity index (χ0n) is 8.48. The van der Waals surface area contributed by atoms with Crippen LogP contribution in [0.3, 0.4) is 0 Å². The highest BCUT2D eigenvalue weighted by Gasteiger charge is 2.03. The Morgan fingerprint density at radius 3 is 2.38 bits per heavy atom. The molecule has 1 N–H and O–H groups in total. The van der Waals surface area contributed by atoms with Crippen molar-refractivity contribution < 1.29 is 4.79 Å². The maximum atomic E-state index is 10.5. The summed E-state index contributed by atoms with van der Waals surface area (Å²) in [6.07, 6.45) is 0.675. The quantitative estimate of drug-likeness (QED) is 0.804. The number of carbonyl (C=O) groups is 1. The summed E-state index contributed by atoms with van der Waals surface area (Å²) >= 11 is 5.83. The van der Waals surface area contributed by atoms with Gasteiger partial charge in [-0.25, -0.2) is 0 Å². The monoisotopic (exact) mass is 231 g/mol. The minimum atomic E-state index is 0.675. The molecule has 0 heterocycles. The van der Waals surface area contributed by atoms with Gasteiger partial charge in [-0.2, -0.15) is 0 Å². The number of hydrogen-bond donors (Lipinski definition) is 1. The number of halogens is 1. The van der Waals surface area contributed by atoms with Gasteiger partial charge in [-0.05, 0) is 23.8 Å². The van der Waals surface area contributed by atoms with Crippen molar-refractivity contribution in [1.82, 2.24) is 0 Å². The molecule has 0 fully saturated rings. The maximum Gasteiger partial charge on any atom is 0.211 e. The van der Waals surface area contributed by atoms with Gasteiger partial charge < -0.3 is 5.32 Å². The van der Waals surface area contributed by atoms with Crippen LogP contribution in [0.15, 0.2) is 48.5 Å². The summed E-state index contributed by atoms with van der Waals surface area (Å²) in [6, 6.07) is 15.1. The first kappa shape index (κ1) is 10.7. The number of nitrogens with one attached hydrogen (secondary N) is 1. The van der Waals surface area contributed by atoms with E-state index in [1.807, 2.05) is 48.5 Å². The van der Waals surface area contributed by atoms with E-state index in [0.717, 1.165) is 16.8 Å². The van der Waals surface area contributed by atoms with Gasteiger partial charge in [0.15, 0.2) is 0 Å². The molecule has 0 saturated heterocycles. The summed E-state index contributed by atoms with van der Waals surface area (Å²) in [6.45, 7) is 0. The number of para-hydroxylation sites is 1. The molecule has 80 valence electrons. The molecule has 0 aliphatic heterocycles. The Morgan fingerprint density at radius 2 is 1.69 bits per heavy atom. The molecule has 2 nitrogen and oxygen atoms in total. The van der Waals surface area contributed by atoms with E-state index >= 15 is 0 Å². The van der Waals surface area contributed by atoms with Crippen LogP contribution in [-0.4, -0.2) is 6.41 Å². The number of carbonyl (C=O) groups excluding carboxylic acids is 1. The van der Waals surface area contributed by atoms with Gasteiger partial charge in [-0.3, -0.25) is 4.79 Å². The van der Waals surface area contributed by atoms with Crippen LogP contribution in [-0.2, 0) is 4.79 Å². The van der Waals surface area contributed by atoms with E-state index in [-0.39, 0.29) is 0 Å². The lowest BCUT2D eigenvalue weighted by atomic mass is 10.0. The van der Waals surface area contributed by atoms with Crippen molar-refractivity contribution >= 4 is 23.7 Å². The van der Waals surface area contributed by atoms with Crippen LogP contribution in [0.4, 0.5) is 5.69 Å². The van der Waals surface area contributed by atoms with Gasteiger partial charge in [0.2, 0.25) is 6.41 Å². The van der Waals surface area contributed by atoms with E-state index < -0.39 is 0 Å². The van der Waals surface area contributed by atoms with Gasteiger partial charge in [0, 0.05) is 16.3 Å². The molecule has 0 saturated carbocycles. The molecule has 0 aromatic heterocycles. The molecule has 16 heavy (non-hydrogen) atoms. The minimum absolute atomic E-state index is 0.675. The Hall–Kier alpha value is -1.80. The van der Waals surface area contributed by atoms with Crippen LogP contribution in [0, 0.1) is 0 Å². The Labute approximate surface area is 98.9 Å². The topological polar surface area (TPSA) is 29.1 Å². The lowest BCUT2D eigenvalue weighted by Crippen LogP contribution is -1.95. The molecule has 0 radical (unpaired) electrons. The smallest absolute Gasteiger partial charge is 0.211 e. The molecule has 1 amide bonds. The summed E-state index contributed by atoms with van der Waals surface area (Å²) in [5.74, 6) is 0. The number of hydrogen-bond acceptors (Lipinski definition) is 1. The molecule has 0 aliphatic carbocycles. The summed E-state index contributed by atoms with van der Waals surface area (Å²) in [4.78, 5) is 10.5. The molecular weight excluding hydrogens is 222 g/mol. The van der Waals surface area contributed by atoms with Crippen molar-refractivity contribution in [3.63, 3.8) is 0 Å². The fourth-order valence-corrected chi connectivity index (χ4v) is 1.68. The number of amides is 1. The predicted molar refractivity (Wildman–Crippen MR) is 66.6 cm³/mol. The van der Waals surface area contributed by atoms with E-state index in [1.165, 1.54) is 0 Å². The molecule has 0 spiro atoms. The third-order valence-corrected chi connectivity index (χ3v) is 2.55. The lowest BCUT2D eigenvalue weighted by molar-refractivity contribution is -0.105. The highest BCUT2D eigenvalue weighted by Crippen LogP contribution is 2.28. The zero-order chi connectivity index (χ0) is 11.4. The van der Waals surface area contributed by atoms with Crippen LogP contribution >= 0.6 is 11.6 Å². The van der Waals surface area contributed by atoms with E-state index in [9.17, 15) is 4.79 Å². The molecule has 2 rings (SSSR count). The number of anilines is 1. The second kappa shape index (κ2) is 4.81. The maximum absolute atomic E-state index is 10.5. The molecule has 0 bridgehead atoms. The largest absolute Gasteiger partial charge is 0.328 e. The highest BCUT2D eigenvalue weighted by atomic mass is 35.5. The van der Waals surface area contributed by atoms with Crippen molar-refractivity contribution in [2.24, 2.45) is 0 Å². The summed E-state index contributed by atoms with van der Waals surface area (Å²) in [5, 5.41) is 3.37. The predicted octanol–water partition coefficient (Wildman–Crippen LogP) is 3.58.